The molecule has 0 saturated heterocycles. The number of furan rings is 1. The third kappa shape index (κ3) is 5.93. The fourth-order valence-electron chi connectivity index (χ4n) is 13.7. The van der Waals surface area contributed by atoms with Crippen molar-refractivity contribution in [3.63, 3.8) is 0 Å². The van der Waals surface area contributed by atoms with Crippen molar-refractivity contribution in [1.82, 2.24) is 0 Å². The van der Waals surface area contributed by atoms with Crippen LogP contribution in [0.15, 0.2) is 192 Å². The Morgan fingerprint density at radius 1 is 0.486 bits per heavy atom. The minimum atomic E-state index is -0.586. The molecule has 0 spiro atoms. The predicted molar refractivity (Wildman–Crippen MR) is 303 cm³/mol. The van der Waals surface area contributed by atoms with Gasteiger partial charge in [-0.05, 0) is 151 Å². The minimum Gasteiger partial charge on any atom is -0.456 e. The summed E-state index contributed by atoms with van der Waals surface area (Å²) in [4.78, 5) is 5.35. The molecular weight excluding hydrogens is 872 g/mol. The van der Waals surface area contributed by atoms with Crippen LogP contribution in [0.2, 0.25) is 0 Å². The molecule has 0 amide bonds. The number of benzene rings is 9. The fraction of sp³-hybridized carbons (Fsp3) is 0.206. The first-order valence-corrected chi connectivity index (χ1v) is 26.1. The lowest BCUT2D eigenvalue weighted by atomic mass is 9.42. The summed E-state index contributed by atoms with van der Waals surface area (Å²) < 4.78 is 7.24. The number of hydrogen-bond donors (Lipinski definition) is 0. The zero-order valence-corrected chi connectivity index (χ0v) is 42.7. The molecule has 3 aliphatic heterocycles. The first kappa shape index (κ1) is 43.3. The molecule has 1 aromatic heterocycles. The molecular formula is C68H59BN2O. The second kappa shape index (κ2) is 15.0. The van der Waals surface area contributed by atoms with Crippen LogP contribution in [0.1, 0.15) is 106 Å². The molecule has 0 atom stereocenters. The van der Waals surface area contributed by atoms with E-state index in [9.17, 15) is 0 Å². The van der Waals surface area contributed by atoms with Crippen molar-refractivity contribution in [3.8, 4) is 22.3 Å². The van der Waals surface area contributed by atoms with Gasteiger partial charge in [0.2, 0.25) is 0 Å². The standard InChI is InChI=1S/C68H59BN2O/c1-42-35-51-47-27-20-29-53-64(47)71(58-30-19-18-28-52(58)68(53,44-23-14-10-15-24-44)45-25-16-11-17-26-45)69-56-41-62-50(49-38-54-55(40-61(49)72-62)67(7,8)34-33-66(54,5)6)39-59(56)70(60(36-42)63(51)69)57-32-31-46(65(2,3)4)37-48(57)43-21-12-9-13-22-43/h9-32,35-41H,33-34H2,1-8H3. The van der Waals surface area contributed by atoms with Crippen LogP contribution < -0.4 is 20.6 Å². The van der Waals surface area contributed by atoms with Gasteiger partial charge in [0, 0.05) is 44.6 Å². The van der Waals surface area contributed by atoms with Crippen molar-refractivity contribution in [1.29, 1.82) is 0 Å². The maximum absolute atomic E-state index is 7.24. The highest BCUT2D eigenvalue weighted by molar-refractivity contribution is 6.94. The first-order chi connectivity index (χ1) is 34.7. The van der Waals surface area contributed by atoms with Gasteiger partial charge in [-0.3, -0.25) is 0 Å². The van der Waals surface area contributed by atoms with Crippen LogP contribution in [0.5, 0.6) is 0 Å². The van der Waals surface area contributed by atoms with Crippen LogP contribution >= 0.6 is 0 Å². The number of aryl methyl sites for hydroxylation is 1. The van der Waals surface area contributed by atoms with E-state index < -0.39 is 5.41 Å². The quantitative estimate of drug-likeness (QED) is 0.164. The van der Waals surface area contributed by atoms with Crippen molar-refractivity contribution in [3.05, 3.63) is 233 Å². The SMILES string of the molecule is Cc1cc2c3c(c1)N(c1ccc(C(C)(C)C)cc1-c1ccccc1)c1cc4c(cc1B3N1c3ccccc3C(c3ccccc3)(c3ccccc3)c3cccc-2c31)oc1cc2c(cc14)C(C)(C)CCC2(C)C. The fourth-order valence-corrected chi connectivity index (χ4v) is 13.7. The van der Waals surface area contributed by atoms with E-state index in [0.717, 1.165) is 29.4 Å². The van der Waals surface area contributed by atoms with Crippen molar-refractivity contribution in [2.75, 3.05) is 9.71 Å². The van der Waals surface area contributed by atoms with E-state index >= 15 is 0 Å². The van der Waals surface area contributed by atoms with Gasteiger partial charge in [0.15, 0.2) is 0 Å². The molecule has 0 unspecified atom stereocenters. The smallest absolute Gasteiger partial charge is 0.333 e. The van der Waals surface area contributed by atoms with Crippen molar-refractivity contribution in [2.24, 2.45) is 0 Å². The van der Waals surface area contributed by atoms with E-state index in [1.807, 2.05) is 0 Å². The molecule has 1 aliphatic carbocycles. The Kier molecular flexibility index (Phi) is 9.01. The summed E-state index contributed by atoms with van der Waals surface area (Å²) in [6.45, 7) is 18.8. The van der Waals surface area contributed by atoms with Gasteiger partial charge < -0.3 is 14.1 Å². The summed E-state index contributed by atoms with van der Waals surface area (Å²) in [7, 11) is 0. The summed E-state index contributed by atoms with van der Waals surface area (Å²) in [5.41, 5.74) is 25.4. The molecule has 0 bridgehead atoms. The van der Waals surface area contributed by atoms with E-state index in [4.69, 9.17) is 4.42 Å². The van der Waals surface area contributed by atoms with Crippen LogP contribution in [0.25, 0.3) is 44.2 Å². The molecule has 9 aromatic carbocycles. The van der Waals surface area contributed by atoms with Gasteiger partial charge in [0.05, 0.1) is 11.1 Å². The summed E-state index contributed by atoms with van der Waals surface area (Å²) in [5, 5.41) is 2.34. The topological polar surface area (TPSA) is 19.6 Å². The molecule has 350 valence electrons. The number of fused-ring (bicyclic) bond motifs is 10. The van der Waals surface area contributed by atoms with Crippen LogP contribution in [-0.2, 0) is 21.7 Å². The van der Waals surface area contributed by atoms with Gasteiger partial charge in [-0.15, -0.1) is 0 Å². The number of nitrogens with zero attached hydrogens (tertiary/aromatic N) is 2. The van der Waals surface area contributed by atoms with Gasteiger partial charge >= 0.3 is 6.85 Å². The highest BCUT2D eigenvalue weighted by Gasteiger charge is 2.54. The van der Waals surface area contributed by atoms with Crippen LogP contribution in [0.3, 0.4) is 0 Å². The van der Waals surface area contributed by atoms with Gasteiger partial charge in [0.25, 0.3) is 0 Å². The van der Waals surface area contributed by atoms with Crippen LogP contribution in [-0.4, -0.2) is 6.85 Å². The zero-order chi connectivity index (χ0) is 49.1. The number of hydrogen-bond acceptors (Lipinski definition) is 3. The Morgan fingerprint density at radius 2 is 1.10 bits per heavy atom. The Bertz CT molecular complexity index is 3840. The number of anilines is 5. The summed E-state index contributed by atoms with van der Waals surface area (Å²) in [5.74, 6) is 0. The van der Waals surface area contributed by atoms with Crippen LogP contribution in [0.4, 0.5) is 28.4 Å². The van der Waals surface area contributed by atoms with Gasteiger partial charge in [-0.25, -0.2) is 0 Å². The number of rotatable bonds is 4. The highest BCUT2D eigenvalue weighted by atomic mass is 16.3. The maximum atomic E-state index is 7.24. The lowest BCUT2D eigenvalue weighted by Gasteiger charge is -2.53. The second-order valence-corrected chi connectivity index (χ2v) is 23.6. The third-order valence-corrected chi connectivity index (χ3v) is 17.3. The molecule has 4 aliphatic rings. The van der Waals surface area contributed by atoms with Crippen molar-refractivity contribution < 1.29 is 4.42 Å². The van der Waals surface area contributed by atoms with E-state index in [1.165, 1.54) is 112 Å². The molecule has 72 heavy (non-hydrogen) atoms. The summed E-state index contributed by atoms with van der Waals surface area (Å²) >= 11 is 0. The minimum absolute atomic E-state index is 0.0450. The largest absolute Gasteiger partial charge is 0.456 e. The van der Waals surface area contributed by atoms with Gasteiger partial charge in [-0.1, -0.05) is 188 Å². The molecule has 4 heteroatoms. The average molecular weight is 931 g/mol. The molecule has 4 heterocycles. The van der Waals surface area contributed by atoms with E-state index in [-0.39, 0.29) is 23.1 Å². The highest BCUT2D eigenvalue weighted by Crippen LogP contribution is 2.61. The average Bonchev–Trinajstić information content (AvgIpc) is 3.74. The van der Waals surface area contributed by atoms with Crippen LogP contribution in [0, 0.1) is 6.92 Å². The second-order valence-electron chi connectivity index (χ2n) is 23.6. The Hall–Kier alpha value is -7.56. The first-order valence-electron chi connectivity index (χ1n) is 26.1. The number of para-hydroxylation sites is 2. The monoisotopic (exact) mass is 930 g/mol. The van der Waals surface area contributed by atoms with Gasteiger partial charge in [-0.2, -0.15) is 0 Å². The third-order valence-electron chi connectivity index (χ3n) is 17.3. The molecule has 14 rings (SSSR count). The Balaban J connectivity index is 1.13. The summed E-state index contributed by atoms with van der Waals surface area (Å²) in [6, 6.07) is 71.8. The Labute approximate surface area is 424 Å². The van der Waals surface area contributed by atoms with E-state index in [0.29, 0.717) is 0 Å². The molecule has 3 nitrogen and oxygen atoms in total. The lowest BCUT2D eigenvalue weighted by molar-refractivity contribution is 0.332. The molecule has 0 fully saturated rings. The lowest BCUT2D eigenvalue weighted by Crippen LogP contribution is -2.63. The van der Waals surface area contributed by atoms with Gasteiger partial charge in [0.1, 0.15) is 11.2 Å². The Morgan fingerprint density at radius 3 is 1.79 bits per heavy atom. The normalized spacial score (nSPS) is 16.5. The predicted octanol–water partition coefficient (Wildman–Crippen LogP) is 16.6. The molecule has 0 N–H and O–H groups in total. The van der Waals surface area contributed by atoms with Crippen molar-refractivity contribution in [2.45, 2.75) is 89.9 Å². The molecule has 10 aromatic rings. The maximum Gasteiger partial charge on any atom is 0.333 e. The van der Waals surface area contributed by atoms with Crippen molar-refractivity contribution >= 4 is 68.1 Å². The van der Waals surface area contributed by atoms with E-state index in [1.54, 1.807) is 0 Å². The zero-order valence-electron chi connectivity index (χ0n) is 42.7. The summed E-state index contributed by atoms with van der Waals surface area (Å²) in [6.07, 6.45) is 2.30. The van der Waals surface area contributed by atoms with E-state index in [2.05, 4.69) is 253 Å². The molecule has 0 saturated carbocycles. The molecule has 0 radical (unpaired) electrons.